The molecule has 0 unspecified atom stereocenters. The second-order valence-corrected chi connectivity index (χ2v) is 6.94. The highest BCUT2D eigenvalue weighted by molar-refractivity contribution is 7.17. The van der Waals surface area contributed by atoms with E-state index in [0.29, 0.717) is 10.6 Å². The van der Waals surface area contributed by atoms with Crippen LogP contribution >= 0.6 is 11.3 Å². The average molecular weight is 361 g/mol. The van der Waals surface area contributed by atoms with Crippen molar-refractivity contribution in [3.63, 3.8) is 0 Å². The van der Waals surface area contributed by atoms with Crippen LogP contribution in [0.3, 0.4) is 0 Å². The van der Waals surface area contributed by atoms with Crippen LogP contribution in [0.1, 0.15) is 57.5 Å². The molecule has 3 N–H and O–H groups in total. The van der Waals surface area contributed by atoms with E-state index in [4.69, 9.17) is 4.42 Å². The predicted octanol–water partition coefficient (Wildman–Crippen LogP) is 2.64. The number of hydrogen-bond donors (Lipinski definition) is 3. The quantitative estimate of drug-likeness (QED) is 0.578. The van der Waals surface area contributed by atoms with Crippen LogP contribution in [0, 0.1) is 0 Å². The van der Waals surface area contributed by atoms with Crippen molar-refractivity contribution < 1.29 is 18.8 Å². The molecule has 0 fully saturated rings. The Morgan fingerprint density at radius 1 is 1.08 bits per heavy atom. The molecule has 2 heterocycles. The smallest absolute Gasteiger partial charge is 0.291 e. The van der Waals surface area contributed by atoms with Crippen molar-refractivity contribution in [2.75, 3.05) is 5.32 Å². The highest BCUT2D eigenvalue weighted by Crippen LogP contribution is 2.37. The first-order valence-corrected chi connectivity index (χ1v) is 8.94. The predicted molar refractivity (Wildman–Crippen MR) is 93.5 cm³/mol. The summed E-state index contributed by atoms with van der Waals surface area (Å²) >= 11 is 1.42. The maximum atomic E-state index is 12.6. The van der Waals surface area contributed by atoms with Crippen LogP contribution in [0.5, 0.6) is 0 Å². The molecule has 132 valence electrons. The van der Waals surface area contributed by atoms with Crippen LogP contribution in [0.15, 0.2) is 22.8 Å². The molecule has 0 bridgehead atoms. The van der Waals surface area contributed by atoms with Gasteiger partial charge in [-0.2, -0.15) is 0 Å². The summed E-state index contributed by atoms with van der Waals surface area (Å²) in [5, 5.41) is 3.25. The zero-order valence-electron chi connectivity index (χ0n) is 13.8. The number of carbonyl (C=O) groups excluding carboxylic acids is 3. The molecule has 3 rings (SSSR count). The van der Waals surface area contributed by atoms with Crippen LogP contribution < -0.4 is 16.2 Å². The molecular weight excluding hydrogens is 342 g/mol. The summed E-state index contributed by atoms with van der Waals surface area (Å²) in [6.45, 7) is 1.31. The Morgan fingerprint density at radius 3 is 2.60 bits per heavy atom. The topological polar surface area (TPSA) is 100 Å². The molecule has 0 spiro atoms. The first kappa shape index (κ1) is 17.2. The summed E-state index contributed by atoms with van der Waals surface area (Å²) in [6, 6.07) is 3.19. The molecule has 8 heteroatoms. The molecule has 0 atom stereocenters. The highest BCUT2D eigenvalue weighted by Gasteiger charge is 2.26. The molecule has 1 aliphatic carbocycles. The SMILES string of the molecule is CC(=O)NNC(=O)c1c(NC(=O)c2ccco2)sc2c1CCCCC2. The third-order valence-corrected chi connectivity index (χ3v) is 5.18. The number of amides is 3. The highest BCUT2D eigenvalue weighted by atomic mass is 32.1. The molecule has 25 heavy (non-hydrogen) atoms. The molecule has 0 aliphatic heterocycles. The summed E-state index contributed by atoms with van der Waals surface area (Å²) in [4.78, 5) is 37.1. The molecule has 1 aliphatic rings. The summed E-state index contributed by atoms with van der Waals surface area (Å²) in [6.07, 6.45) is 6.26. The molecule has 7 nitrogen and oxygen atoms in total. The number of hydrazine groups is 1. The van der Waals surface area contributed by atoms with Gasteiger partial charge in [0.1, 0.15) is 5.00 Å². The van der Waals surface area contributed by atoms with Crippen molar-refractivity contribution in [2.24, 2.45) is 0 Å². The molecule has 0 saturated carbocycles. The number of anilines is 1. The second-order valence-electron chi connectivity index (χ2n) is 5.84. The first-order chi connectivity index (χ1) is 12.1. The van der Waals surface area contributed by atoms with Gasteiger partial charge in [-0.15, -0.1) is 11.3 Å². The van der Waals surface area contributed by atoms with Gasteiger partial charge in [-0.05, 0) is 43.4 Å². The minimum Gasteiger partial charge on any atom is -0.459 e. The van der Waals surface area contributed by atoms with Crippen molar-refractivity contribution in [1.82, 2.24) is 10.9 Å². The van der Waals surface area contributed by atoms with Gasteiger partial charge >= 0.3 is 0 Å². The molecular formula is C17H19N3O4S. The standard InChI is InChI=1S/C17H19N3O4S/c1-10(21)19-20-16(23)14-11-6-3-2-4-8-13(11)25-17(14)18-15(22)12-7-5-9-24-12/h5,7,9H,2-4,6,8H2,1H3,(H,18,22)(H,19,21)(H,20,23). The molecule has 3 amide bonds. The second kappa shape index (κ2) is 7.52. The van der Waals surface area contributed by atoms with Crippen LogP contribution in [-0.4, -0.2) is 17.7 Å². The monoisotopic (exact) mass is 361 g/mol. The first-order valence-electron chi connectivity index (χ1n) is 8.12. The van der Waals surface area contributed by atoms with E-state index in [1.807, 2.05) is 0 Å². The van der Waals surface area contributed by atoms with E-state index in [9.17, 15) is 14.4 Å². The average Bonchev–Trinajstić information content (AvgIpc) is 3.16. The van der Waals surface area contributed by atoms with Crippen molar-refractivity contribution in [3.05, 3.63) is 40.2 Å². The Bertz CT molecular complexity index is 795. The van der Waals surface area contributed by atoms with E-state index in [1.165, 1.54) is 24.5 Å². The fraction of sp³-hybridized carbons (Fsp3) is 0.353. The summed E-state index contributed by atoms with van der Waals surface area (Å²) < 4.78 is 5.10. The number of rotatable bonds is 3. The lowest BCUT2D eigenvalue weighted by molar-refractivity contribution is -0.119. The largest absolute Gasteiger partial charge is 0.459 e. The van der Waals surface area contributed by atoms with Gasteiger partial charge in [0.2, 0.25) is 5.91 Å². The normalized spacial score (nSPS) is 13.5. The minimum absolute atomic E-state index is 0.178. The Kier molecular flexibility index (Phi) is 5.18. The van der Waals surface area contributed by atoms with Crippen LogP contribution in [0.25, 0.3) is 0 Å². The number of aryl methyl sites for hydroxylation is 1. The van der Waals surface area contributed by atoms with Crippen molar-refractivity contribution in [1.29, 1.82) is 0 Å². The summed E-state index contributed by atoms with van der Waals surface area (Å²) in [5.41, 5.74) is 6.08. The van der Waals surface area contributed by atoms with Gasteiger partial charge in [-0.1, -0.05) is 6.42 Å². The Labute approximate surface area is 148 Å². The van der Waals surface area contributed by atoms with Crippen molar-refractivity contribution >= 4 is 34.1 Å². The van der Waals surface area contributed by atoms with E-state index in [0.717, 1.165) is 42.5 Å². The number of carbonyl (C=O) groups is 3. The van der Waals surface area contributed by atoms with Crippen LogP contribution in [-0.2, 0) is 17.6 Å². The van der Waals surface area contributed by atoms with Gasteiger partial charge in [-0.25, -0.2) is 0 Å². The van der Waals surface area contributed by atoms with E-state index < -0.39 is 11.8 Å². The Morgan fingerprint density at radius 2 is 1.88 bits per heavy atom. The van der Waals surface area contributed by atoms with E-state index in [1.54, 1.807) is 12.1 Å². The van der Waals surface area contributed by atoms with Gasteiger partial charge < -0.3 is 9.73 Å². The lowest BCUT2D eigenvalue weighted by atomic mass is 10.1. The summed E-state index contributed by atoms with van der Waals surface area (Å²) in [5.74, 6) is -1.02. The fourth-order valence-corrected chi connectivity index (χ4v) is 4.13. The maximum Gasteiger partial charge on any atom is 0.291 e. The molecule has 2 aromatic rings. The number of fused-ring (bicyclic) bond motifs is 1. The third kappa shape index (κ3) is 3.90. The van der Waals surface area contributed by atoms with Gasteiger partial charge in [0.15, 0.2) is 5.76 Å². The Hall–Kier alpha value is -2.61. The zero-order valence-corrected chi connectivity index (χ0v) is 14.6. The summed E-state index contributed by atoms with van der Waals surface area (Å²) in [7, 11) is 0. The number of hydrogen-bond acceptors (Lipinski definition) is 5. The Balaban J connectivity index is 1.91. The molecule has 0 aromatic carbocycles. The van der Waals surface area contributed by atoms with E-state index >= 15 is 0 Å². The van der Waals surface area contributed by atoms with Crippen molar-refractivity contribution in [2.45, 2.75) is 39.0 Å². The van der Waals surface area contributed by atoms with Gasteiger partial charge in [0.05, 0.1) is 11.8 Å². The van der Waals surface area contributed by atoms with E-state index in [-0.39, 0.29) is 11.7 Å². The maximum absolute atomic E-state index is 12.6. The van der Waals surface area contributed by atoms with Crippen LogP contribution in [0.4, 0.5) is 5.00 Å². The minimum atomic E-state index is -0.427. The number of thiophene rings is 1. The zero-order chi connectivity index (χ0) is 17.8. The lowest BCUT2D eigenvalue weighted by Gasteiger charge is -2.09. The molecule has 0 radical (unpaired) electrons. The van der Waals surface area contributed by atoms with Gasteiger partial charge in [0.25, 0.3) is 11.8 Å². The van der Waals surface area contributed by atoms with Crippen LogP contribution in [0.2, 0.25) is 0 Å². The van der Waals surface area contributed by atoms with Crippen molar-refractivity contribution in [3.8, 4) is 0 Å². The van der Waals surface area contributed by atoms with E-state index in [2.05, 4.69) is 16.2 Å². The fourth-order valence-electron chi connectivity index (χ4n) is 2.85. The molecule has 0 saturated heterocycles. The number of nitrogens with one attached hydrogen (secondary N) is 3. The molecule has 2 aromatic heterocycles. The lowest BCUT2D eigenvalue weighted by Crippen LogP contribution is -2.40. The number of furan rings is 1. The van der Waals surface area contributed by atoms with Gasteiger partial charge in [0, 0.05) is 11.8 Å². The van der Waals surface area contributed by atoms with Gasteiger partial charge in [-0.3, -0.25) is 25.2 Å². The third-order valence-electron chi connectivity index (χ3n) is 3.97.